The van der Waals surface area contributed by atoms with Crippen LogP contribution in [-0.2, 0) is 9.59 Å². The van der Waals surface area contributed by atoms with Crippen LogP contribution in [0.5, 0.6) is 0 Å². The lowest BCUT2D eigenvalue weighted by Crippen LogP contribution is -2.36. The molecule has 1 heterocycles. The molecule has 1 aliphatic rings. The van der Waals surface area contributed by atoms with Gasteiger partial charge in [-0.05, 0) is 82.9 Å². The Balaban J connectivity index is 1.45. The molecule has 4 aromatic carbocycles. The Labute approximate surface area is 207 Å². The van der Waals surface area contributed by atoms with E-state index in [4.69, 9.17) is 0 Å². The molecule has 6 heteroatoms. The third-order valence-electron chi connectivity index (χ3n) is 6.21. The van der Waals surface area contributed by atoms with Crippen molar-refractivity contribution in [3.05, 3.63) is 93.9 Å². The smallest absolute Gasteiger partial charge is 0.294 e. The molecule has 0 radical (unpaired) electrons. The van der Waals surface area contributed by atoms with Gasteiger partial charge in [-0.1, -0.05) is 66.2 Å². The molecule has 5 rings (SSSR count). The first-order valence-corrected chi connectivity index (χ1v) is 12.2. The average Bonchev–Trinajstić information content (AvgIpc) is 3.08. The highest BCUT2D eigenvalue weighted by Gasteiger charge is 2.36. The fourth-order valence-corrected chi connectivity index (χ4v) is 5.49. The van der Waals surface area contributed by atoms with E-state index in [1.54, 1.807) is 6.08 Å². The first kappa shape index (κ1) is 22.9. The summed E-state index contributed by atoms with van der Waals surface area (Å²) in [7, 11) is 0. The molecule has 4 aromatic rings. The molecule has 5 nitrogen and oxygen atoms in total. The summed E-state index contributed by atoms with van der Waals surface area (Å²) in [6, 6.07) is 22.0. The second-order valence-corrected chi connectivity index (χ2v) is 9.82. The number of rotatable bonds is 4. The fourth-order valence-electron chi connectivity index (χ4n) is 4.67. The van der Waals surface area contributed by atoms with Crippen LogP contribution in [-0.4, -0.2) is 28.5 Å². The zero-order chi connectivity index (χ0) is 24.7. The first-order chi connectivity index (χ1) is 16.8. The number of amides is 3. The van der Waals surface area contributed by atoms with Gasteiger partial charge >= 0.3 is 0 Å². The maximum Gasteiger partial charge on any atom is 0.294 e. The highest BCUT2D eigenvalue weighted by Crippen LogP contribution is 2.36. The third kappa shape index (κ3) is 4.33. The number of imide groups is 1. The van der Waals surface area contributed by atoms with Crippen molar-refractivity contribution in [1.82, 2.24) is 4.90 Å². The molecule has 0 unspecified atom stereocenters. The summed E-state index contributed by atoms with van der Waals surface area (Å²) in [5.74, 6) is -0.858. The van der Waals surface area contributed by atoms with Gasteiger partial charge in [0.15, 0.2) is 0 Å². The van der Waals surface area contributed by atoms with Crippen LogP contribution in [0, 0.1) is 20.8 Å². The number of hydrogen-bond donors (Lipinski definition) is 1. The molecule has 3 amide bonds. The molecule has 0 bridgehead atoms. The van der Waals surface area contributed by atoms with Crippen molar-refractivity contribution >= 4 is 62.1 Å². The second kappa shape index (κ2) is 9.04. The SMILES string of the molecule is Cc1cc(C)c(NC(=O)CN2C(=O)S/C(=C/c3c4ccccc4cc4ccccc34)C2=O)c(C)c1. The van der Waals surface area contributed by atoms with Crippen LogP contribution in [0.3, 0.4) is 0 Å². The number of aryl methyl sites for hydroxylation is 3. The van der Waals surface area contributed by atoms with E-state index in [0.29, 0.717) is 10.6 Å². The Morgan fingerprint density at radius 2 is 1.46 bits per heavy atom. The van der Waals surface area contributed by atoms with Gasteiger partial charge in [-0.25, -0.2) is 0 Å². The van der Waals surface area contributed by atoms with E-state index in [0.717, 1.165) is 60.5 Å². The van der Waals surface area contributed by atoms with Crippen LogP contribution in [0.25, 0.3) is 27.6 Å². The van der Waals surface area contributed by atoms with E-state index in [1.165, 1.54) is 0 Å². The number of carbonyl (C=O) groups is 3. The minimum Gasteiger partial charge on any atom is -0.324 e. The van der Waals surface area contributed by atoms with Gasteiger partial charge in [0.05, 0.1) is 4.91 Å². The van der Waals surface area contributed by atoms with Gasteiger partial charge in [-0.3, -0.25) is 19.3 Å². The van der Waals surface area contributed by atoms with Crippen molar-refractivity contribution in [3.8, 4) is 0 Å². The Hall–Kier alpha value is -3.90. The number of nitrogens with zero attached hydrogens (tertiary/aromatic N) is 1. The van der Waals surface area contributed by atoms with Crippen molar-refractivity contribution in [3.63, 3.8) is 0 Å². The largest absolute Gasteiger partial charge is 0.324 e. The lowest BCUT2D eigenvalue weighted by atomic mass is 9.96. The molecule has 1 aliphatic heterocycles. The Morgan fingerprint density at radius 1 is 0.886 bits per heavy atom. The van der Waals surface area contributed by atoms with Gasteiger partial charge in [-0.15, -0.1) is 0 Å². The molecule has 1 saturated heterocycles. The minimum absolute atomic E-state index is 0.312. The van der Waals surface area contributed by atoms with E-state index in [1.807, 2.05) is 81.4 Å². The lowest BCUT2D eigenvalue weighted by Gasteiger charge is -2.16. The molecule has 0 atom stereocenters. The van der Waals surface area contributed by atoms with E-state index in [2.05, 4.69) is 11.4 Å². The summed E-state index contributed by atoms with van der Waals surface area (Å²) < 4.78 is 0. The second-order valence-electron chi connectivity index (χ2n) is 8.82. The number of anilines is 1. The van der Waals surface area contributed by atoms with Gasteiger partial charge in [-0.2, -0.15) is 0 Å². The normalized spacial score (nSPS) is 14.9. The molecule has 174 valence electrons. The number of carbonyl (C=O) groups excluding carboxylic acids is 3. The standard InChI is InChI=1S/C29H24N2O3S/c1-17-12-18(2)27(19(3)13-17)30-26(32)16-31-28(33)25(35-29(31)34)15-24-22-10-6-4-8-20(22)14-21-9-5-7-11-23(21)24/h4-15H,16H2,1-3H3,(H,30,32)/b25-15+. The number of thioether (sulfide) groups is 1. The Kier molecular flexibility index (Phi) is 5.91. The van der Waals surface area contributed by atoms with Crippen LogP contribution in [0.2, 0.25) is 0 Å². The van der Waals surface area contributed by atoms with Crippen LogP contribution in [0.15, 0.2) is 71.6 Å². The van der Waals surface area contributed by atoms with E-state index < -0.39 is 17.1 Å². The predicted octanol–water partition coefficient (Wildman–Crippen LogP) is 6.59. The summed E-state index contributed by atoms with van der Waals surface area (Å²) in [6.45, 7) is 5.52. The number of benzene rings is 4. The molecule has 1 N–H and O–H groups in total. The van der Waals surface area contributed by atoms with Crippen molar-refractivity contribution in [2.24, 2.45) is 0 Å². The van der Waals surface area contributed by atoms with Gasteiger partial charge in [0, 0.05) is 5.69 Å². The molecular weight excluding hydrogens is 456 g/mol. The highest BCUT2D eigenvalue weighted by molar-refractivity contribution is 8.18. The summed E-state index contributed by atoms with van der Waals surface area (Å²) in [4.78, 5) is 40.0. The van der Waals surface area contributed by atoms with E-state index in [-0.39, 0.29) is 6.54 Å². The van der Waals surface area contributed by atoms with Gasteiger partial charge < -0.3 is 5.32 Å². The topological polar surface area (TPSA) is 66.5 Å². The molecular formula is C29H24N2O3S. The fraction of sp³-hybridized carbons (Fsp3) is 0.138. The van der Waals surface area contributed by atoms with Gasteiger partial charge in [0.25, 0.3) is 11.1 Å². The maximum atomic E-state index is 13.2. The summed E-state index contributed by atoms with van der Waals surface area (Å²) in [5.41, 5.74) is 4.58. The predicted molar refractivity (Wildman–Crippen MR) is 143 cm³/mol. The number of fused-ring (bicyclic) bond motifs is 2. The zero-order valence-electron chi connectivity index (χ0n) is 19.7. The van der Waals surface area contributed by atoms with Gasteiger partial charge in [0.2, 0.25) is 5.91 Å². The summed E-state index contributed by atoms with van der Waals surface area (Å²) in [6.07, 6.45) is 1.78. The first-order valence-electron chi connectivity index (χ1n) is 11.4. The highest BCUT2D eigenvalue weighted by atomic mass is 32.2. The molecule has 35 heavy (non-hydrogen) atoms. The monoisotopic (exact) mass is 480 g/mol. The Bertz CT molecular complexity index is 1490. The summed E-state index contributed by atoms with van der Waals surface area (Å²) in [5, 5.41) is 6.54. The van der Waals surface area contributed by atoms with Gasteiger partial charge in [0.1, 0.15) is 6.54 Å². The van der Waals surface area contributed by atoms with Crippen LogP contribution < -0.4 is 5.32 Å². The molecule has 0 aliphatic carbocycles. The van der Waals surface area contributed by atoms with Crippen LogP contribution >= 0.6 is 11.8 Å². The third-order valence-corrected chi connectivity index (χ3v) is 7.11. The number of hydrogen-bond acceptors (Lipinski definition) is 4. The van der Waals surface area contributed by atoms with Crippen molar-refractivity contribution < 1.29 is 14.4 Å². The summed E-state index contributed by atoms with van der Waals surface area (Å²) >= 11 is 0.869. The lowest BCUT2D eigenvalue weighted by molar-refractivity contribution is -0.127. The maximum absolute atomic E-state index is 13.2. The van der Waals surface area contributed by atoms with Crippen molar-refractivity contribution in [2.45, 2.75) is 20.8 Å². The number of nitrogens with one attached hydrogen (secondary N) is 1. The Morgan fingerprint density at radius 3 is 2.06 bits per heavy atom. The molecule has 0 aromatic heterocycles. The zero-order valence-corrected chi connectivity index (χ0v) is 20.5. The average molecular weight is 481 g/mol. The molecule has 0 saturated carbocycles. The van der Waals surface area contributed by atoms with Crippen molar-refractivity contribution in [1.29, 1.82) is 0 Å². The minimum atomic E-state index is -0.454. The molecule has 1 fully saturated rings. The van der Waals surface area contributed by atoms with E-state index >= 15 is 0 Å². The molecule has 0 spiro atoms. The van der Waals surface area contributed by atoms with E-state index in [9.17, 15) is 14.4 Å². The van der Waals surface area contributed by atoms with Crippen LogP contribution in [0.1, 0.15) is 22.3 Å². The quantitative estimate of drug-likeness (QED) is 0.264. The van der Waals surface area contributed by atoms with Crippen LogP contribution in [0.4, 0.5) is 10.5 Å². The van der Waals surface area contributed by atoms with Crippen molar-refractivity contribution in [2.75, 3.05) is 11.9 Å².